The van der Waals surface area contributed by atoms with Gasteiger partial charge < -0.3 is 5.32 Å². The normalized spacial score (nSPS) is 23.4. The Balaban J connectivity index is 2.33. The second-order valence-corrected chi connectivity index (χ2v) is 6.24. The molecule has 1 rings (SSSR count). The van der Waals surface area contributed by atoms with Crippen molar-refractivity contribution in [1.29, 1.82) is 0 Å². The van der Waals surface area contributed by atoms with Crippen LogP contribution in [0.15, 0.2) is 4.99 Å². The van der Waals surface area contributed by atoms with Crippen molar-refractivity contribution in [2.45, 2.75) is 45.7 Å². The topological polar surface area (TPSA) is 24.4 Å². The van der Waals surface area contributed by atoms with Crippen molar-refractivity contribution >= 4 is 28.7 Å². The molecule has 0 aromatic carbocycles. The van der Waals surface area contributed by atoms with E-state index in [1.54, 1.807) is 0 Å². The van der Waals surface area contributed by atoms with Crippen molar-refractivity contribution in [2.24, 2.45) is 4.99 Å². The van der Waals surface area contributed by atoms with E-state index >= 15 is 0 Å². The fraction of sp³-hybridized carbons (Fsp3) is 0.909. The van der Waals surface area contributed by atoms with Crippen molar-refractivity contribution in [3.63, 3.8) is 0 Å². The number of thioether (sulfide) groups is 2. The Hall–Kier alpha value is 0.170. The molecule has 0 spiro atoms. The largest absolute Gasteiger partial charge is 0.362 e. The molecule has 1 N–H and O–H groups in total. The number of nitrogens with zero attached hydrogens (tertiary/aromatic N) is 1. The lowest BCUT2D eigenvalue weighted by Crippen LogP contribution is -2.35. The minimum atomic E-state index is 0.539. The number of nitrogens with one attached hydrogen (secondary N) is 1. The molecule has 0 aliphatic carbocycles. The first kappa shape index (κ1) is 13.2. The average molecular weight is 246 g/mol. The van der Waals surface area contributed by atoms with Gasteiger partial charge in [-0.25, -0.2) is 0 Å². The Morgan fingerprint density at radius 3 is 3.07 bits per heavy atom. The SMILES string of the molecule is CCSCC(C)NC1=NC(CC)CCS1. The lowest BCUT2D eigenvalue weighted by Gasteiger charge is -2.22. The van der Waals surface area contributed by atoms with E-state index in [0.717, 1.165) is 5.17 Å². The summed E-state index contributed by atoms with van der Waals surface area (Å²) < 4.78 is 0. The smallest absolute Gasteiger partial charge is 0.157 e. The summed E-state index contributed by atoms with van der Waals surface area (Å²) >= 11 is 3.86. The lowest BCUT2D eigenvalue weighted by atomic mass is 10.2. The molecule has 1 heterocycles. The highest BCUT2D eigenvalue weighted by Gasteiger charge is 2.15. The zero-order valence-corrected chi connectivity index (χ0v) is 11.6. The van der Waals surface area contributed by atoms with Gasteiger partial charge in [-0.2, -0.15) is 11.8 Å². The molecule has 0 radical (unpaired) electrons. The maximum atomic E-state index is 4.71. The van der Waals surface area contributed by atoms with Crippen LogP contribution in [-0.4, -0.2) is 34.5 Å². The number of aliphatic imine (C=N–C) groups is 1. The number of hydrogen-bond acceptors (Lipinski definition) is 4. The monoisotopic (exact) mass is 246 g/mol. The highest BCUT2D eigenvalue weighted by molar-refractivity contribution is 8.13. The third-order valence-electron chi connectivity index (χ3n) is 2.40. The summed E-state index contributed by atoms with van der Waals surface area (Å²) in [6.45, 7) is 6.66. The zero-order chi connectivity index (χ0) is 11.1. The minimum absolute atomic E-state index is 0.539. The fourth-order valence-electron chi connectivity index (χ4n) is 1.48. The van der Waals surface area contributed by atoms with Crippen LogP contribution in [0.2, 0.25) is 0 Å². The molecule has 0 aromatic heterocycles. The molecule has 0 saturated carbocycles. The van der Waals surface area contributed by atoms with Crippen LogP contribution in [0.25, 0.3) is 0 Å². The standard InChI is InChI=1S/C11H22N2S2/c1-4-10-6-7-15-11(13-10)12-9(3)8-14-5-2/h9-10H,4-8H2,1-3H3,(H,12,13). The van der Waals surface area contributed by atoms with Gasteiger partial charge in [-0.05, 0) is 25.5 Å². The van der Waals surface area contributed by atoms with Crippen LogP contribution < -0.4 is 5.32 Å². The van der Waals surface area contributed by atoms with Crippen LogP contribution in [0.4, 0.5) is 0 Å². The lowest BCUT2D eigenvalue weighted by molar-refractivity contribution is 0.624. The van der Waals surface area contributed by atoms with E-state index in [2.05, 4.69) is 26.1 Å². The first-order valence-corrected chi connectivity index (χ1v) is 7.95. The molecular formula is C11H22N2S2. The van der Waals surface area contributed by atoms with Gasteiger partial charge >= 0.3 is 0 Å². The summed E-state index contributed by atoms with van der Waals surface area (Å²) in [7, 11) is 0. The molecule has 0 bridgehead atoms. The van der Waals surface area contributed by atoms with Crippen LogP contribution >= 0.6 is 23.5 Å². The van der Waals surface area contributed by atoms with Gasteiger partial charge in [-0.15, -0.1) is 0 Å². The van der Waals surface area contributed by atoms with Gasteiger partial charge in [0.05, 0.1) is 6.04 Å². The molecule has 1 aliphatic rings. The predicted octanol–water partition coefficient (Wildman–Crippen LogP) is 2.99. The second-order valence-electron chi connectivity index (χ2n) is 3.84. The van der Waals surface area contributed by atoms with E-state index in [1.165, 1.54) is 30.1 Å². The highest BCUT2D eigenvalue weighted by Crippen LogP contribution is 2.18. The third-order valence-corrected chi connectivity index (χ3v) is 4.48. The Morgan fingerprint density at radius 2 is 2.40 bits per heavy atom. The van der Waals surface area contributed by atoms with Gasteiger partial charge in [0.25, 0.3) is 0 Å². The molecule has 0 amide bonds. The van der Waals surface area contributed by atoms with E-state index in [0.29, 0.717) is 12.1 Å². The Labute approximate surface area is 102 Å². The van der Waals surface area contributed by atoms with Crippen LogP contribution in [0.1, 0.15) is 33.6 Å². The zero-order valence-electron chi connectivity index (χ0n) is 9.95. The van der Waals surface area contributed by atoms with Gasteiger partial charge in [0.2, 0.25) is 0 Å². The molecular weight excluding hydrogens is 224 g/mol. The summed E-state index contributed by atoms with van der Waals surface area (Å²) in [6, 6.07) is 1.09. The molecule has 2 nitrogen and oxygen atoms in total. The van der Waals surface area contributed by atoms with Crippen molar-refractivity contribution in [2.75, 3.05) is 17.3 Å². The van der Waals surface area contributed by atoms with Crippen molar-refractivity contribution < 1.29 is 0 Å². The van der Waals surface area contributed by atoms with Gasteiger partial charge in [-0.1, -0.05) is 25.6 Å². The molecule has 0 saturated heterocycles. The Kier molecular flexibility index (Phi) is 6.57. The summed E-state index contributed by atoms with van der Waals surface area (Å²) in [4.78, 5) is 4.71. The quantitative estimate of drug-likeness (QED) is 0.807. The maximum Gasteiger partial charge on any atom is 0.157 e. The molecule has 1 aliphatic heterocycles. The van der Waals surface area contributed by atoms with Crippen LogP contribution in [0.3, 0.4) is 0 Å². The number of rotatable bonds is 5. The van der Waals surface area contributed by atoms with Crippen LogP contribution in [0, 0.1) is 0 Å². The maximum absolute atomic E-state index is 4.71. The molecule has 15 heavy (non-hydrogen) atoms. The van der Waals surface area contributed by atoms with Crippen molar-refractivity contribution in [1.82, 2.24) is 5.32 Å². The Morgan fingerprint density at radius 1 is 1.60 bits per heavy atom. The molecule has 2 unspecified atom stereocenters. The van der Waals surface area contributed by atoms with E-state index in [9.17, 15) is 0 Å². The van der Waals surface area contributed by atoms with E-state index < -0.39 is 0 Å². The summed E-state index contributed by atoms with van der Waals surface area (Å²) in [5.41, 5.74) is 0. The first-order chi connectivity index (χ1) is 7.26. The first-order valence-electron chi connectivity index (χ1n) is 5.81. The fourth-order valence-corrected chi connectivity index (χ4v) is 3.24. The van der Waals surface area contributed by atoms with E-state index in [4.69, 9.17) is 4.99 Å². The number of amidine groups is 1. The molecule has 4 heteroatoms. The average Bonchev–Trinajstić information content (AvgIpc) is 2.26. The molecule has 2 atom stereocenters. The van der Waals surface area contributed by atoms with Crippen molar-refractivity contribution in [3.05, 3.63) is 0 Å². The van der Waals surface area contributed by atoms with E-state index in [1.807, 2.05) is 23.5 Å². The van der Waals surface area contributed by atoms with Gasteiger partial charge in [0.1, 0.15) is 0 Å². The highest BCUT2D eigenvalue weighted by atomic mass is 32.2. The van der Waals surface area contributed by atoms with Crippen LogP contribution in [-0.2, 0) is 0 Å². The van der Waals surface area contributed by atoms with Crippen LogP contribution in [0.5, 0.6) is 0 Å². The Bertz CT molecular complexity index is 207. The summed E-state index contributed by atoms with van der Waals surface area (Å²) in [6.07, 6.45) is 2.41. The molecule has 88 valence electrons. The minimum Gasteiger partial charge on any atom is -0.362 e. The van der Waals surface area contributed by atoms with Gasteiger partial charge in [-0.3, -0.25) is 4.99 Å². The van der Waals surface area contributed by atoms with E-state index in [-0.39, 0.29) is 0 Å². The summed E-state index contributed by atoms with van der Waals surface area (Å²) in [5.74, 6) is 3.59. The second kappa shape index (κ2) is 7.44. The van der Waals surface area contributed by atoms with Gasteiger partial charge in [0.15, 0.2) is 5.17 Å². The predicted molar refractivity (Wildman–Crippen MR) is 74.2 cm³/mol. The van der Waals surface area contributed by atoms with Crippen molar-refractivity contribution in [3.8, 4) is 0 Å². The third kappa shape index (κ3) is 5.16. The molecule has 0 aromatic rings. The molecule has 0 fully saturated rings. The van der Waals surface area contributed by atoms with Gasteiger partial charge in [0, 0.05) is 17.5 Å². The number of hydrogen-bond donors (Lipinski definition) is 1. The summed E-state index contributed by atoms with van der Waals surface area (Å²) in [5, 5.41) is 4.67.